The van der Waals surface area contributed by atoms with Crippen LogP contribution >= 0.6 is 0 Å². The Morgan fingerprint density at radius 3 is 2.76 bits per heavy atom. The Balaban J connectivity index is 1.56. The van der Waals surface area contributed by atoms with Crippen LogP contribution in [0.4, 0.5) is 5.69 Å². The fraction of sp³-hybridized carbons (Fsp3) is 0.500. The average Bonchev–Trinajstić information content (AvgIpc) is 3.01. The summed E-state index contributed by atoms with van der Waals surface area (Å²) in [5, 5.41) is 22.7. The fourth-order valence-corrected chi connectivity index (χ4v) is 4.25. The van der Waals surface area contributed by atoms with Gasteiger partial charge in [0, 0.05) is 6.54 Å². The number of aromatic hydroxyl groups is 1. The Morgan fingerprint density at radius 1 is 1.21 bits per heavy atom. The first-order valence-corrected chi connectivity index (χ1v) is 11.9. The summed E-state index contributed by atoms with van der Waals surface area (Å²) in [6.07, 6.45) is 5.71. The molecule has 2 aromatic carbocycles. The molecule has 2 atom stereocenters. The Hall–Kier alpha value is -2.93. The number of nitrogens with one attached hydrogen (secondary N) is 1. The molecule has 0 heterocycles. The summed E-state index contributed by atoms with van der Waals surface area (Å²) in [6.45, 7) is 2.87. The fourth-order valence-electron chi connectivity index (χ4n) is 4.25. The summed E-state index contributed by atoms with van der Waals surface area (Å²) >= 11 is 0. The Morgan fingerprint density at radius 2 is 2.00 bits per heavy atom. The lowest BCUT2D eigenvalue weighted by Gasteiger charge is -2.21. The number of nitrogen functional groups attached to an aromatic ring is 1. The van der Waals surface area contributed by atoms with Crippen LogP contribution in [0.3, 0.4) is 0 Å². The highest BCUT2D eigenvalue weighted by Crippen LogP contribution is 2.35. The molecule has 0 aliphatic heterocycles. The Kier molecular flexibility index (Phi) is 9.24. The number of benzene rings is 2. The first-order valence-electron chi connectivity index (χ1n) is 11.9. The van der Waals surface area contributed by atoms with Crippen LogP contribution in [0.1, 0.15) is 50.2 Å². The monoisotopic (exact) mass is 456 g/mol. The third-order valence-electron chi connectivity index (χ3n) is 6.06. The molecule has 180 valence electrons. The van der Waals surface area contributed by atoms with Crippen molar-refractivity contribution >= 4 is 11.6 Å². The van der Waals surface area contributed by atoms with Gasteiger partial charge in [0.2, 0.25) is 0 Å². The van der Waals surface area contributed by atoms with E-state index in [0.717, 1.165) is 44.1 Å². The van der Waals surface area contributed by atoms with Crippen LogP contribution in [0.2, 0.25) is 0 Å². The minimum atomic E-state index is -0.599. The SMILES string of the molecule is CCCCNC(=O)COc1ccc2c(c1N)CC(C[C@H](O)COc1ccc(O)cc1)CCC2. The number of anilines is 1. The minimum absolute atomic E-state index is 0.0521. The van der Waals surface area contributed by atoms with Crippen molar-refractivity contribution in [1.82, 2.24) is 5.32 Å². The maximum atomic E-state index is 12.0. The molecule has 0 fully saturated rings. The zero-order valence-electron chi connectivity index (χ0n) is 19.4. The lowest BCUT2D eigenvalue weighted by Crippen LogP contribution is -2.29. The van der Waals surface area contributed by atoms with Crippen LogP contribution < -0.4 is 20.5 Å². The van der Waals surface area contributed by atoms with Crippen LogP contribution in [0, 0.1) is 5.92 Å². The van der Waals surface area contributed by atoms with Crippen molar-refractivity contribution in [3.63, 3.8) is 0 Å². The minimum Gasteiger partial charge on any atom is -0.508 e. The van der Waals surface area contributed by atoms with E-state index in [-0.39, 0.29) is 30.8 Å². The van der Waals surface area contributed by atoms with Gasteiger partial charge in [-0.15, -0.1) is 0 Å². The second-order valence-electron chi connectivity index (χ2n) is 8.76. The van der Waals surface area contributed by atoms with E-state index in [9.17, 15) is 15.0 Å². The molecule has 0 saturated heterocycles. The van der Waals surface area contributed by atoms with E-state index >= 15 is 0 Å². The maximum Gasteiger partial charge on any atom is 0.257 e. The molecule has 1 unspecified atom stereocenters. The molecule has 0 spiro atoms. The number of phenols is 1. The molecule has 3 rings (SSSR count). The molecule has 0 aromatic heterocycles. The number of nitrogens with two attached hydrogens (primary N) is 1. The van der Waals surface area contributed by atoms with Crippen molar-refractivity contribution in [3.05, 3.63) is 47.5 Å². The van der Waals surface area contributed by atoms with Gasteiger partial charge in [-0.05, 0) is 85.9 Å². The van der Waals surface area contributed by atoms with Gasteiger partial charge < -0.3 is 30.7 Å². The second kappa shape index (κ2) is 12.3. The van der Waals surface area contributed by atoms with Crippen LogP contribution in [0.5, 0.6) is 17.2 Å². The number of rotatable bonds is 11. The van der Waals surface area contributed by atoms with E-state index in [2.05, 4.69) is 12.2 Å². The van der Waals surface area contributed by atoms with Gasteiger partial charge in [0.1, 0.15) is 23.9 Å². The summed E-state index contributed by atoms with van der Waals surface area (Å²) in [4.78, 5) is 12.0. The molecule has 1 aliphatic rings. The lowest BCUT2D eigenvalue weighted by atomic mass is 9.91. The van der Waals surface area contributed by atoms with Crippen molar-refractivity contribution in [2.45, 2.75) is 58.0 Å². The van der Waals surface area contributed by atoms with E-state index in [1.807, 2.05) is 12.1 Å². The van der Waals surface area contributed by atoms with Crippen molar-refractivity contribution in [3.8, 4) is 17.2 Å². The van der Waals surface area contributed by atoms with E-state index in [1.165, 1.54) is 5.56 Å². The number of aliphatic hydroxyl groups is 1. The van der Waals surface area contributed by atoms with Gasteiger partial charge in [0.15, 0.2) is 6.61 Å². The first kappa shape index (κ1) is 24.7. The molecule has 1 amide bonds. The Bertz CT molecular complexity index is 900. The maximum absolute atomic E-state index is 12.0. The number of amides is 1. The lowest BCUT2D eigenvalue weighted by molar-refractivity contribution is -0.123. The summed E-state index contributed by atoms with van der Waals surface area (Å²) in [7, 11) is 0. The third-order valence-corrected chi connectivity index (χ3v) is 6.06. The summed E-state index contributed by atoms with van der Waals surface area (Å²) in [5.74, 6) is 1.46. The molecule has 0 saturated carbocycles. The number of aliphatic hydroxyl groups excluding tert-OH is 1. The number of carbonyl (C=O) groups excluding carboxylic acids is 1. The number of unbranched alkanes of at least 4 members (excludes halogenated alkanes) is 1. The molecule has 5 N–H and O–H groups in total. The van der Waals surface area contributed by atoms with Gasteiger partial charge in [-0.2, -0.15) is 0 Å². The second-order valence-corrected chi connectivity index (χ2v) is 8.76. The van der Waals surface area contributed by atoms with Gasteiger partial charge in [0.25, 0.3) is 5.91 Å². The predicted octanol–water partition coefficient (Wildman–Crippen LogP) is 3.59. The van der Waals surface area contributed by atoms with E-state index in [0.29, 0.717) is 30.2 Å². The topological polar surface area (TPSA) is 114 Å². The van der Waals surface area contributed by atoms with Crippen molar-refractivity contribution in [2.75, 3.05) is 25.5 Å². The quantitative estimate of drug-likeness (QED) is 0.233. The number of hydrogen-bond acceptors (Lipinski definition) is 6. The van der Waals surface area contributed by atoms with Gasteiger partial charge in [0.05, 0.1) is 11.8 Å². The Labute approximate surface area is 195 Å². The highest BCUT2D eigenvalue weighted by atomic mass is 16.5. The normalized spacial score (nSPS) is 16.4. The van der Waals surface area contributed by atoms with E-state index in [4.69, 9.17) is 15.2 Å². The van der Waals surface area contributed by atoms with Crippen LogP contribution in [-0.4, -0.2) is 42.0 Å². The molecule has 0 bridgehead atoms. The summed E-state index contributed by atoms with van der Waals surface area (Å²) in [5.41, 5.74) is 9.33. The van der Waals surface area contributed by atoms with Crippen molar-refractivity contribution in [1.29, 1.82) is 0 Å². The van der Waals surface area contributed by atoms with Crippen LogP contribution in [0.15, 0.2) is 36.4 Å². The molecule has 0 radical (unpaired) electrons. The smallest absolute Gasteiger partial charge is 0.257 e. The van der Waals surface area contributed by atoms with Gasteiger partial charge in [-0.1, -0.05) is 19.4 Å². The molecule has 2 aromatic rings. The van der Waals surface area contributed by atoms with E-state index < -0.39 is 6.10 Å². The average molecular weight is 457 g/mol. The number of fused-ring (bicyclic) bond motifs is 1. The molecular formula is C26H36N2O5. The van der Waals surface area contributed by atoms with Gasteiger partial charge in [-0.3, -0.25) is 4.79 Å². The number of hydrogen-bond donors (Lipinski definition) is 4. The first-order chi connectivity index (χ1) is 16.0. The number of ether oxygens (including phenoxy) is 2. The largest absolute Gasteiger partial charge is 0.508 e. The highest BCUT2D eigenvalue weighted by Gasteiger charge is 2.23. The van der Waals surface area contributed by atoms with Crippen molar-refractivity contribution in [2.24, 2.45) is 5.92 Å². The van der Waals surface area contributed by atoms with E-state index in [1.54, 1.807) is 24.3 Å². The standard InChI is InChI=1S/C26H36N2O5/c1-2-3-13-28-25(31)17-33-24-12-7-19-6-4-5-18(15-23(19)26(24)27)14-21(30)16-32-22-10-8-20(29)9-11-22/h7-12,18,21,29-30H,2-6,13-17,27H2,1H3,(H,28,31)/t18?,21-/m0/s1. The van der Waals surface area contributed by atoms with Crippen molar-refractivity contribution < 1.29 is 24.5 Å². The number of aryl methyl sites for hydroxylation is 1. The van der Waals surface area contributed by atoms with Crippen LogP contribution in [0.25, 0.3) is 0 Å². The molecule has 7 heteroatoms. The number of carbonyl (C=O) groups is 1. The zero-order chi connectivity index (χ0) is 23.6. The van der Waals surface area contributed by atoms with Gasteiger partial charge in [-0.25, -0.2) is 0 Å². The molecular weight excluding hydrogens is 420 g/mol. The zero-order valence-corrected chi connectivity index (χ0v) is 19.4. The summed E-state index contributed by atoms with van der Waals surface area (Å²) < 4.78 is 11.4. The molecule has 33 heavy (non-hydrogen) atoms. The molecule has 1 aliphatic carbocycles. The predicted molar refractivity (Wildman–Crippen MR) is 129 cm³/mol. The van der Waals surface area contributed by atoms with Crippen LogP contribution in [-0.2, 0) is 17.6 Å². The van der Waals surface area contributed by atoms with Gasteiger partial charge >= 0.3 is 0 Å². The third kappa shape index (κ3) is 7.56. The highest BCUT2D eigenvalue weighted by molar-refractivity contribution is 5.77. The summed E-state index contributed by atoms with van der Waals surface area (Å²) in [6, 6.07) is 10.4. The number of phenolic OH excluding ortho intramolecular Hbond substituents is 1. The molecule has 7 nitrogen and oxygen atoms in total.